The number of amidine groups is 1. The van der Waals surface area contributed by atoms with Crippen LogP contribution in [0.3, 0.4) is 0 Å². The molecule has 0 bridgehead atoms. The molecule has 0 unspecified atom stereocenters. The maximum absolute atomic E-state index is 6.05. The first-order valence-electron chi connectivity index (χ1n) is 12.0. The number of anilines is 1. The zero-order valence-corrected chi connectivity index (χ0v) is 22.7. The van der Waals surface area contributed by atoms with Crippen molar-refractivity contribution in [3.8, 4) is 0 Å². The molecule has 2 saturated heterocycles. The maximum atomic E-state index is 6.05. The van der Waals surface area contributed by atoms with Crippen molar-refractivity contribution in [2.45, 2.75) is 47.5 Å². The molecule has 6 heteroatoms. The minimum Gasteiger partial charge on any atom is -0.490 e. The monoisotopic (exact) mass is 524 g/mol. The van der Waals surface area contributed by atoms with Crippen LogP contribution in [0, 0.1) is 0 Å². The molecule has 1 aromatic rings. The summed E-state index contributed by atoms with van der Waals surface area (Å²) in [5.41, 5.74) is 8.17. The Morgan fingerprint density at radius 1 is 1.26 bits per heavy atom. The first kappa shape index (κ1) is 25.9. The molecule has 1 aromatic carbocycles. The number of halogens is 1. The van der Waals surface area contributed by atoms with Gasteiger partial charge >= 0.3 is 0 Å². The minimum atomic E-state index is 0.708. The second-order valence-electron chi connectivity index (χ2n) is 8.69. The van der Waals surface area contributed by atoms with Crippen molar-refractivity contribution in [3.05, 3.63) is 87.0 Å². The van der Waals surface area contributed by atoms with Gasteiger partial charge in [0.05, 0.1) is 5.70 Å². The standard InChI is InChI=1S/C28H37BrN4O/c1-7-19(3)28-27(30-14-16-34-28)21(5)26(8-2)33-15-13-23(20(4)18-33)17-31-22(6)32-25-11-9-24(29)10-12-25/h8-12,17,30H,4,7,13-16,18H2,1-3,5-6H3,(H,31,32)/b23-17-,26-8+,27-21+,28-19?. The Labute approximate surface area is 213 Å². The van der Waals surface area contributed by atoms with E-state index < -0.39 is 0 Å². The molecule has 182 valence electrons. The summed E-state index contributed by atoms with van der Waals surface area (Å²) in [6, 6.07) is 8.08. The molecule has 3 rings (SSSR count). The molecule has 0 spiro atoms. The third-order valence-corrected chi connectivity index (χ3v) is 6.77. The van der Waals surface area contributed by atoms with Crippen LogP contribution in [0.5, 0.6) is 0 Å². The molecule has 2 aliphatic heterocycles. The first-order chi connectivity index (χ1) is 16.3. The Morgan fingerprint density at radius 3 is 2.65 bits per heavy atom. The first-order valence-corrected chi connectivity index (χ1v) is 12.8. The van der Waals surface area contributed by atoms with Gasteiger partial charge in [0.25, 0.3) is 0 Å². The Morgan fingerprint density at radius 2 is 2.00 bits per heavy atom. The molecule has 0 saturated carbocycles. The van der Waals surface area contributed by atoms with Crippen molar-refractivity contribution in [1.29, 1.82) is 0 Å². The van der Waals surface area contributed by atoms with Crippen molar-refractivity contribution in [3.63, 3.8) is 0 Å². The van der Waals surface area contributed by atoms with Crippen LogP contribution in [-0.2, 0) is 4.74 Å². The number of nitrogens with zero attached hydrogens (tertiary/aromatic N) is 2. The lowest BCUT2D eigenvalue weighted by atomic mass is 9.97. The van der Waals surface area contributed by atoms with Gasteiger partial charge in [-0.05, 0) is 87.1 Å². The van der Waals surface area contributed by atoms with Crippen LogP contribution in [0.2, 0.25) is 0 Å². The highest BCUT2D eigenvalue weighted by Crippen LogP contribution is 2.31. The molecule has 2 heterocycles. The minimum absolute atomic E-state index is 0.708. The van der Waals surface area contributed by atoms with Crippen LogP contribution in [0.15, 0.2) is 92.0 Å². The molecule has 5 nitrogen and oxygen atoms in total. The summed E-state index contributed by atoms with van der Waals surface area (Å²) in [4.78, 5) is 7.06. The maximum Gasteiger partial charge on any atom is 0.141 e. The number of benzene rings is 1. The summed E-state index contributed by atoms with van der Waals surface area (Å²) >= 11 is 3.47. The number of ether oxygens (including phenoxy) is 1. The van der Waals surface area contributed by atoms with Gasteiger partial charge in [-0.25, -0.2) is 4.99 Å². The summed E-state index contributed by atoms with van der Waals surface area (Å²) in [7, 11) is 0. The van der Waals surface area contributed by atoms with Crippen LogP contribution in [0.4, 0.5) is 5.69 Å². The van der Waals surface area contributed by atoms with Crippen LogP contribution in [0.25, 0.3) is 0 Å². The number of hydrogen-bond donors (Lipinski definition) is 2. The van der Waals surface area contributed by atoms with Gasteiger partial charge < -0.3 is 20.3 Å². The van der Waals surface area contributed by atoms with E-state index in [0.717, 1.165) is 65.5 Å². The molecule has 0 amide bonds. The quantitative estimate of drug-likeness (QED) is 0.324. The summed E-state index contributed by atoms with van der Waals surface area (Å²) < 4.78 is 7.11. The second kappa shape index (κ2) is 12.1. The van der Waals surface area contributed by atoms with E-state index in [9.17, 15) is 0 Å². The van der Waals surface area contributed by atoms with E-state index in [1.54, 1.807) is 0 Å². The Bertz CT molecular complexity index is 1060. The van der Waals surface area contributed by atoms with E-state index in [4.69, 9.17) is 4.74 Å². The van der Waals surface area contributed by atoms with Crippen molar-refractivity contribution >= 4 is 27.5 Å². The number of hydrogen-bond acceptors (Lipinski definition) is 4. The Hall–Kier alpha value is -2.73. The van der Waals surface area contributed by atoms with Gasteiger partial charge in [-0.1, -0.05) is 35.5 Å². The molecule has 0 radical (unpaired) electrons. The lowest BCUT2D eigenvalue weighted by molar-refractivity contribution is 0.192. The fourth-order valence-corrected chi connectivity index (χ4v) is 4.46. The fraction of sp³-hybridized carbons (Fsp3) is 0.393. The third kappa shape index (κ3) is 6.44. The number of nitrogens with one attached hydrogen (secondary N) is 2. The van der Waals surface area contributed by atoms with E-state index in [0.29, 0.717) is 6.61 Å². The zero-order valence-electron chi connectivity index (χ0n) is 21.1. The molecule has 2 fully saturated rings. The third-order valence-electron chi connectivity index (χ3n) is 6.24. The summed E-state index contributed by atoms with van der Waals surface area (Å²) in [5, 5.41) is 6.92. The van der Waals surface area contributed by atoms with Crippen LogP contribution < -0.4 is 10.6 Å². The topological polar surface area (TPSA) is 48.9 Å². The molecule has 0 aliphatic carbocycles. The summed E-state index contributed by atoms with van der Waals surface area (Å²) in [6.07, 6.45) is 6.05. The zero-order chi connectivity index (χ0) is 24.7. The summed E-state index contributed by atoms with van der Waals surface area (Å²) in [5.74, 6) is 1.86. The molecule has 2 N–H and O–H groups in total. The largest absolute Gasteiger partial charge is 0.490 e. The number of allylic oxidation sites excluding steroid dienone is 3. The average molecular weight is 526 g/mol. The van der Waals surface area contributed by atoms with E-state index >= 15 is 0 Å². The van der Waals surface area contributed by atoms with Gasteiger partial charge in [0, 0.05) is 41.7 Å². The number of aliphatic imine (C=N–C) groups is 1. The van der Waals surface area contributed by atoms with Gasteiger partial charge in [0.15, 0.2) is 0 Å². The van der Waals surface area contributed by atoms with Crippen LogP contribution in [-0.4, -0.2) is 37.0 Å². The molecular formula is C28H37BrN4O. The SMILES string of the molecule is C=C1CN(C(=C/C)/C(C)=C2/NCCOC2=C(C)CC)CC/C1=C/N=C(C)Nc1ccc(Br)cc1. The fourth-order valence-electron chi connectivity index (χ4n) is 4.20. The van der Waals surface area contributed by atoms with E-state index in [1.807, 2.05) is 37.4 Å². The molecule has 0 atom stereocenters. The molecule has 0 aromatic heterocycles. The number of rotatable bonds is 5. The molecular weight excluding hydrogens is 488 g/mol. The van der Waals surface area contributed by atoms with Gasteiger partial charge in [-0.15, -0.1) is 0 Å². The van der Waals surface area contributed by atoms with Gasteiger partial charge in [0.2, 0.25) is 0 Å². The van der Waals surface area contributed by atoms with Crippen molar-refractivity contribution in [2.24, 2.45) is 4.99 Å². The van der Waals surface area contributed by atoms with Crippen molar-refractivity contribution < 1.29 is 4.74 Å². The van der Waals surface area contributed by atoms with E-state index in [-0.39, 0.29) is 0 Å². The summed E-state index contributed by atoms with van der Waals surface area (Å²) in [6.45, 7) is 18.2. The predicted molar refractivity (Wildman–Crippen MR) is 148 cm³/mol. The Kier molecular flexibility index (Phi) is 9.22. The van der Waals surface area contributed by atoms with Crippen molar-refractivity contribution in [2.75, 3.05) is 31.6 Å². The Balaban J connectivity index is 1.72. The van der Waals surface area contributed by atoms with E-state index in [2.05, 4.69) is 76.8 Å². The predicted octanol–water partition coefficient (Wildman–Crippen LogP) is 6.91. The van der Waals surface area contributed by atoms with Gasteiger partial charge in [0.1, 0.15) is 18.2 Å². The van der Waals surface area contributed by atoms with Gasteiger partial charge in [-0.3, -0.25) is 0 Å². The number of likely N-dealkylation sites (tertiary alicyclic amines) is 1. The normalized spacial score (nSPS) is 21.8. The van der Waals surface area contributed by atoms with Crippen LogP contribution in [0.1, 0.15) is 47.5 Å². The number of morpholine rings is 1. The average Bonchev–Trinajstić information content (AvgIpc) is 2.84. The highest BCUT2D eigenvalue weighted by molar-refractivity contribution is 9.10. The van der Waals surface area contributed by atoms with Gasteiger partial charge in [-0.2, -0.15) is 0 Å². The van der Waals surface area contributed by atoms with Crippen molar-refractivity contribution in [1.82, 2.24) is 10.2 Å². The lowest BCUT2D eigenvalue weighted by Gasteiger charge is -2.35. The highest BCUT2D eigenvalue weighted by atomic mass is 79.9. The highest BCUT2D eigenvalue weighted by Gasteiger charge is 2.24. The second-order valence-corrected chi connectivity index (χ2v) is 9.60. The molecule has 34 heavy (non-hydrogen) atoms. The number of piperidine rings is 1. The van der Waals surface area contributed by atoms with Crippen LogP contribution >= 0.6 is 15.9 Å². The lowest BCUT2D eigenvalue weighted by Crippen LogP contribution is -2.34. The van der Waals surface area contributed by atoms with E-state index in [1.165, 1.54) is 22.4 Å². The smallest absolute Gasteiger partial charge is 0.141 e. The molecule has 2 aliphatic rings.